The molecule has 1 rings (SSSR count). The van der Waals surface area contributed by atoms with E-state index in [1.165, 1.54) is 22.3 Å². The summed E-state index contributed by atoms with van der Waals surface area (Å²) in [6.45, 7) is 7.42. The van der Waals surface area contributed by atoms with Crippen LogP contribution in [0.1, 0.15) is 22.3 Å². The van der Waals surface area contributed by atoms with Gasteiger partial charge in [-0.05, 0) is 50.1 Å². The SMILES string of the molecule is Cc1ccc(CN(C)CC(N)=O)c(C)c1C. The standard InChI is InChI=1S/C13H20N2O/c1-9-5-6-12(11(3)10(9)2)7-15(4)8-13(14)16/h5-6H,7-8H2,1-4H3,(H2,14,16). The molecule has 0 aliphatic heterocycles. The molecule has 0 saturated heterocycles. The topological polar surface area (TPSA) is 46.3 Å². The highest BCUT2D eigenvalue weighted by Crippen LogP contribution is 2.18. The van der Waals surface area contributed by atoms with E-state index in [9.17, 15) is 4.79 Å². The van der Waals surface area contributed by atoms with E-state index in [4.69, 9.17) is 5.73 Å². The molecule has 1 aromatic carbocycles. The lowest BCUT2D eigenvalue weighted by molar-refractivity contribution is -0.118. The van der Waals surface area contributed by atoms with Crippen LogP contribution in [0.3, 0.4) is 0 Å². The normalized spacial score (nSPS) is 10.8. The van der Waals surface area contributed by atoms with Gasteiger partial charge in [0, 0.05) is 6.54 Å². The molecule has 0 aliphatic carbocycles. The van der Waals surface area contributed by atoms with Crippen LogP contribution in [0.5, 0.6) is 0 Å². The number of primary amides is 1. The van der Waals surface area contributed by atoms with Gasteiger partial charge in [0.25, 0.3) is 0 Å². The minimum Gasteiger partial charge on any atom is -0.369 e. The van der Waals surface area contributed by atoms with Crippen molar-refractivity contribution in [1.29, 1.82) is 0 Å². The first-order valence-electron chi connectivity index (χ1n) is 5.44. The van der Waals surface area contributed by atoms with Gasteiger partial charge in [0.1, 0.15) is 0 Å². The third-order valence-electron chi connectivity index (χ3n) is 3.04. The van der Waals surface area contributed by atoms with Gasteiger partial charge in [-0.15, -0.1) is 0 Å². The molecule has 0 bridgehead atoms. The summed E-state index contributed by atoms with van der Waals surface area (Å²) in [6.07, 6.45) is 0. The average molecular weight is 220 g/mol. The third-order valence-corrected chi connectivity index (χ3v) is 3.04. The molecule has 0 radical (unpaired) electrons. The molecule has 0 unspecified atom stereocenters. The maximum Gasteiger partial charge on any atom is 0.231 e. The highest BCUT2D eigenvalue weighted by atomic mass is 16.1. The van der Waals surface area contributed by atoms with E-state index in [1.54, 1.807) is 0 Å². The van der Waals surface area contributed by atoms with Crippen molar-refractivity contribution in [3.05, 3.63) is 34.4 Å². The molecule has 1 aromatic rings. The monoisotopic (exact) mass is 220 g/mol. The van der Waals surface area contributed by atoms with Gasteiger partial charge in [-0.2, -0.15) is 0 Å². The van der Waals surface area contributed by atoms with Crippen molar-refractivity contribution < 1.29 is 4.79 Å². The Balaban J connectivity index is 2.82. The van der Waals surface area contributed by atoms with Crippen LogP contribution in [0.25, 0.3) is 0 Å². The molecule has 0 atom stereocenters. The van der Waals surface area contributed by atoms with Gasteiger partial charge in [-0.25, -0.2) is 0 Å². The van der Waals surface area contributed by atoms with Crippen LogP contribution in [0, 0.1) is 20.8 Å². The molecular weight excluding hydrogens is 200 g/mol. The maximum absolute atomic E-state index is 10.8. The summed E-state index contributed by atoms with van der Waals surface area (Å²) in [7, 11) is 1.90. The Kier molecular flexibility index (Phi) is 4.07. The predicted molar refractivity (Wildman–Crippen MR) is 66.2 cm³/mol. The van der Waals surface area contributed by atoms with E-state index in [0.717, 1.165) is 6.54 Å². The minimum absolute atomic E-state index is 0.288. The molecule has 0 heterocycles. The zero-order valence-electron chi connectivity index (χ0n) is 10.5. The minimum atomic E-state index is -0.288. The van der Waals surface area contributed by atoms with Gasteiger partial charge in [0.05, 0.1) is 6.54 Å². The Morgan fingerprint density at radius 2 is 1.88 bits per heavy atom. The number of carbonyl (C=O) groups is 1. The predicted octanol–water partition coefficient (Wildman–Crippen LogP) is 1.53. The first-order valence-corrected chi connectivity index (χ1v) is 5.44. The van der Waals surface area contributed by atoms with Crippen molar-refractivity contribution in [3.63, 3.8) is 0 Å². The van der Waals surface area contributed by atoms with Gasteiger partial charge in [0.15, 0.2) is 0 Å². The van der Waals surface area contributed by atoms with Crippen LogP contribution in [0.2, 0.25) is 0 Å². The van der Waals surface area contributed by atoms with Gasteiger partial charge in [-0.1, -0.05) is 12.1 Å². The van der Waals surface area contributed by atoms with E-state index < -0.39 is 0 Å². The molecule has 0 aliphatic rings. The lowest BCUT2D eigenvalue weighted by Crippen LogP contribution is -2.30. The Morgan fingerprint density at radius 1 is 1.25 bits per heavy atom. The van der Waals surface area contributed by atoms with Gasteiger partial charge < -0.3 is 5.73 Å². The quantitative estimate of drug-likeness (QED) is 0.836. The fraction of sp³-hybridized carbons (Fsp3) is 0.462. The highest BCUT2D eigenvalue weighted by molar-refractivity contribution is 5.75. The number of benzene rings is 1. The lowest BCUT2D eigenvalue weighted by atomic mass is 9.98. The molecular formula is C13H20N2O. The van der Waals surface area contributed by atoms with E-state index in [0.29, 0.717) is 6.54 Å². The number of hydrogen-bond acceptors (Lipinski definition) is 2. The summed E-state index contributed by atoms with van der Waals surface area (Å²) in [5.41, 5.74) is 10.3. The summed E-state index contributed by atoms with van der Waals surface area (Å²) >= 11 is 0. The van der Waals surface area contributed by atoms with Crippen molar-refractivity contribution in [1.82, 2.24) is 4.90 Å². The summed E-state index contributed by atoms with van der Waals surface area (Å²) in [4.78, 5) is 12.7. The average Bonchev–Trinajstić information content (AvgIpc) is 2.18. The van der Waals surface area contributed by atoms with Crippen molar-refractivity contribution >= 4 is 5.91 Å². The molecule has 0 spiro atoms. The second-order valence-electron chi connectivity index (χ2n) is 4.43. The van der Waals surface area contributed by atoms with E-state index in [-0.39, 0.29) is 5.91 Å². The first-order chi connectivity index (χ1) is 7.41. The van der Waals surface area contributed by atoms with Crippen LogP contribution in [0.4, 0.5) is 0 Å². The molecule has 0 aromatic heterocycles. The Hall–Kier alpha value is -1.35. The van der Waals surface area contributed by atoms with Crippen molar-refractivity contribution in [2.24, 2.45) is 5.73 Å². The number of carbonyl (C=O) groups excluding carboxylic acids is 1. The number of nitrogens with two attached hydrogens (primary N) is 1. The van der Waals surface area contributed by atoms with Crippen molar-refractivity contribution in [3.8, 4) is 0 Å². The molecule has 16 heavy (non-hydrogen) atoms. The van der Waals surface area contributed by atoms with E-state index in [1.807, 2.05) is 11.9 Å². The second-order valence-corrected chi connectivity index (χ2v) is 4.43. The summed E-state index contributed by atoms with van der Waals surface area (Å²) in [5, 5.41) is 0. The molecule has 0 fully saturated rings. The molecule has 0 saturated carbocycles. The van der Waals surface area contributed by atoms with Crippen LogP contribution < -0.4 is 5.73 Å². The van der Waals surface area contributed by atoms with Crippen LogP contribution in [0.15, 0.2) is 12.1 Å². The molecule has 2 N–H and O–H groups in total. The molecule has 88 valence electrons. The lowest BCUT2D eigenvalue weighted by Gasteiger charge is -2.18. The maximum atomic E-state index is 10.8. The number of hydrogen-bond donors (Lipinski definition) is 1. The van der Waals surface area contributed by atoms with Gasteiger partial charge in [0.2, 0.25) is 5.91 Å². The van der Waals surface area contributed by atoms with E-state index >= 15 is 0 Å². The van der Waals surface area contributed by atoms with E-state index in [2.05, 4.69) is 32.9 Å². The van der Waals surface area contributed by atoms with Gasteiger partial charge in [-0.3, -0.25) is 9.69 Å². The highest BCUT2D eigenvalue weighted by Gasteiger charge is 2.08. The Labute approximate surface area is 97.2 Å². The van der Waals surface area contributed by atoms with Crippen LogP contribution in [-0.4, -0.2) is 24.4 Å². The molecule has 3 nitrogen and oxygen atoms in total. The fourth-order valence-corrected chi connectivity index (χ4v) is 1.80. The number of likely N-dealkylation sites (N-methyl/N-ethyl adjacent to an activating group) is 1. The largest absolute Gasteiger partial charge is 0.369 e. The summed E-state index contributed by atoms with van der Waals surface area (Å²) in [6, 6.07) is 4.24. The third kappa shape index (κ3) is 3.07. The zero-order valence-corrected chi connectivity index (χ0v) is 10.5. The summed E-state index contributed by atoms with van der Waals surface area (Å²) in [5.74, 6) is -0.288. The second kappa shape index (κ2) is 5.12. The molecule has 3 heteroatoms. The number of aryl methyl sites for hydroxylation is 1. The van der Waals surface area contributed by atoms with Crippen LogP contribution in [-0.2, 0) is 11.3 Å². The zero-order chi connectivity index (χ0) is 12.3. The Bertz CT molecular complexity index is 399. The number of nitrogens with zero attached hydrogens (tertiary/aromatic N) is 1. The van der Waals surface area contributed by atoms with Crippen LogP contribution >= 0.6 is 0 Å². The summed E-state index contributed by atoms with van der Waals surface area (Å²) < 4.78 is 0. The van der Waals surface area contributed by atoms with Crippen molar-refractivity contribution in [2.45, 2.75) is 27.3 Å². The van der Waals surface area contributed by atoms with Gasteiger partial charge >= 0.3 is 0 Å². The molecule has 1 amide bonds. The number of rotatable bonds is 4. The number of amides is 1. The van der Waals surface area contributed by atoms with Crippen molar-refractivity contribution in [2.75, 3.05) is 13.6 Å². The Morgan fingerprint density at radius 3 is 2.44 bits per heavy atom. The smallest absolute Gasteiger partial charge is 0.231 e. The first kappa shape index (κ1) is 12.7. The fourth-order valence-electron chi connectivity index (χ4n) is 1.80.